The molecular weight excluding hydrogens is 174 g/mol. The molecule has 76 valence electrons. The van der Waals surface area contributed by atoms with Gasteiger partial charge < -0.3 is 5.32 Å². The van der Waals surface area contributed by atoms with Crippen LogP contribution < -0.4 is 5.32 Å². The third-order valence-corrected chi connectivity index (χ3v) is 3.68. The first-order valence-corrected chi connectivity index (χ1v) is 5.55. The first-order chi connectivity index (χ1) is 6.81. The topological polar surface area (TPSA) is 29.9 Å². The van der Waals surface area contributed by atoms with Crippen molar-refractivity contribution in [2.45, 2.75) is 31.2 Å². The van der Waals surface area contributed by atoms with E-state index >= 15 is 0 Å². The van der Waals surface area contributed by atoms with E-state index in [1.165, 1.54) is 37.8 Å². The Hall–Kier alpha value is -0.830. The molecule has 1 N–H and O–H groups in total. The summed E-state index contributed by atoms with van der Waals surface area (Å²) in [7, 11) is 2.00. The Morgan fingerprint density at radius 3 is 2.93 bits per heavy atom. The van der Waals surface area contributed by atoms with E-state index in [9.17, 15) is 0 Å². The smallest absolute Gasteiger partial charge is 0.0540 e. The minimum atomic E-state index is 0.286. The van der Waals surface area contributed by atoms with Crippen molar-refractivity contribution in [2.75, 3.05) is 6.54 Å². The first kappa shape index (κ1) is 8.48. The Bertz CT molecular complexity index is 332. The number of aryl methyl sites for hydroxylation is 1. The quantitative estimate of drug-likeness (QED) is 0.766. The van der Waals surface area contributed by atoms with Gasteiger partial charge in [0.25, 0.3) is 0 Å². The van der Waals surface area contributed by atoms with Crippen molar-refractivity contribution in [3.8, 4) is 0 Å². The maximum atomic E-state index is 4.29. The molecule has 0 amide bonds. The Morgan fingerprint density at radius 1 is 1.57 bits per heavy atom. The highest BCUT2D eigenvalue weighted by Crippen LogP contribution is 2.49. The van der Waals surface area contributed by atoms with Crippen molar-refractivity contribution in [2.24, 2.45) is 13.0 Å². The third-order valence-electron chi connectivity index (χ3n) is 3.68. The lowest BCUT2D eigenvalue weighted by Gasteiger charge is -2.28. The minimum Gasteiger partial charge on any atom is -0.307 e. The summed E-state index contributed by atoms with van der Waals surface area (Å²) < 4.78 is 1.92. The highest BCUT2D eigenvalue weighted by molar-refractivity contribution is 5.24. The molecule has 1 unspecified atom stereocenters. The van der Waals surface area contributed by atoms with Gasteiger partial charge in [-0.05, 0) is 38.1 Å². The summed E-state index contributed by atoms with van der Waals surface area (Å²) in [4.78, 5) is 0. The summed E-state index contributed by atoms with van der Waals surface area (Å²) >= 11 is 0. The molecule has 1 aliphatic heterocycles. The zero-order valence-corrected chi connectivity index (χ0v) is 8.66. The van der Waals surface area contributed by atoms with Crippen LogP contribution in [0.1, 0.15) is 31.2 Å². The van der Waals surface area contributed by atoms with Gasteiger partial charge in [-0.3, -0.25) is 4.68 Å². The van der Waals surface area contributed by atoms with Gasteiger partial charge >= 0.3 is 0 Å². The maximum Gasteiger partial charge on any atom is 0.0540 e. The molecule has 3 nitrogen and oxygen atoms in total. The Labute approximate surface area is 84.5 Å². The van der Waals surface area contributed by atoms with Crippen LogP contribution in [0.2, 0.25) is 0 Å². The molecule has 14 heavy (non-hydrogen) atoms. The van der Waals surface area contributed by atoms with Crippen LogP contribution in [0, 0.1) is 5.92 Å². The number of hydrogen-bond acceptors (Lipinski definition) is 2. The third kappa shape index (κ3) is 1.12. The van der Waals surface area contributed by atoms with Crippen LogP contribution in [0.15, 0.2) is 12.4 Å². The molecule has 2 fully saturated rings. The number of hydrogen-bond donors (Lipinski definition) is 1. The molecule has 1 atom stereocenters. The summed E-state index contributed by atoms with van der Waals surface area (Å²) in [5, 5.41) is 8.00. The van der Waals surface area contributed by atoms with E-state index in [1.807, 2.05) is 17.9 Å². The van der Waals surface area contributed by atoms with E-state index in [2.05, 4.69) is 16.6 Å². The second-order valence-corrected chi connectivity index (χ2v) is 4.68. The molecule has 0 radical (unpaired) electrons. The standard InChI is InChI=1S/C11H17N3/c1-14-8-10(7-13-14)11(9-3-4-9)5-2-6-12-11/h7-9,12H,2-6H2,1H3. The second kappa shape index (κ2) is 2.83. The molecule has 0 spiro atoms. The Morgan fingerprint density at radius 2 is 2.43 bits per heavy atom. The largest absolute Gasteiger partial charge is 0.307 e. The van der Waals surface area contributed by atoms with Crippen LogP contribution in [0.4, 0.5) is 0 Å². The van der Waals surface area contributed by atoms with E-state index in [0.717, 1.165) is 5.92 Å². The number of nitrogens with one attached hydrogen (secondary N) is 1. The lowest BCUT2D eigenvalue weighted by molar-refractivity contribution is 0.336. The van der Waals surface area contributed by atoms with Crippen LogP contribution in [0.5, 0.6) is 0 Å². The first-order valence-electron chi connectivity index (χ1n) is 5.55. The molecule has 0 bridgehead atoms. The molecule has 0 aromatic carbocycles. The molecule has 2 heterocycles. The molecule has 3 heteroatoms. The van der Waals surface area contributed by atoms with Gasteiger partial charge in [0.2, 0.25) is 0 Å². The monoisotopic (exact) mass is 191 g/mol. The van der Waals surface area contributed by atoms with Crippen molar-refractivity contribution >= 4 is 0 Å². The van der Waals surface area contributed by atoms with E-state index in [1.54, 1.807) is 0 Å². The van der Waals surface area contributed by atoms with Gasteiger partial charge in [0.1, 0.15) is 0 Å². The fraction of sp³-hybridized carbons (Fsp3) is 0.727. The fourth-order valence-corrected chi connectivity index (χ4v) is 2.83. The van der Waals surface area contributed by atoms with Crippen molar-refractivity contribution in [3.05, 3.63) is 18.0 Å². The fourth-order valence-electron chi connectivity index (χ4n) is 2.83. The van der Waals surface area contributed by atoms with Gasteiger partial charge in [-0.2, -0.15) is 5.10 Å². The highest BCUT2D eigenvalue weighted by atomic mass is 15.2. The van der Waals surface area contributed by atoms with Crippen LogP contribution in [-0.4, -0.2) is 16.3 Å². The molecule has 3 rings (SSSR count). The van der Waals surface area contributed by atoms with Gasteiger partial charge in [0, 0.05) is 24.3 Å². The van der Waals surface area contributed by atoms with E-state index in [4.69, 9.17) is 0 Å². The molecule has 1 saturated carbocycles. The molecular formula is C11H17N3. The van der Waals surface area contributed by atoms with Crippen LogP contribution in [-0.2, 0) is 12.6 Å². The number of aromatic nitrogens is 2. The maximum absolute atomic E-state index is 4.29. The normalized spacial score (nSPS) is 32.4. The Balaban J connectivity index is 1.98. The summed E-state index contributed by atoms with van der Waals surface area (Å²) in [5.74, 6) is 0.870. The van der Waals surface area contributed by atoms with Crippen molar-refractivity contribution in [1.82, 2.24) is 15.1 Å². The average molecular weight is 191 g/mol. The van der Waals surface area contributed by atoms with E-state index < -0.39 is 0 Å². The van der Waals surface area contributed by atoms with Gasteiger partial charge in [-0.25, -0.2) is 0 Å². The van der Waals surface area contributed by atoms with Gasteiger partial charge in [0.05, 0.1) is 6.20 Å². The van der Waals surface area contributed by atoms with Crippen LogP contribution in [0.3, 0.4) is 0 Å². The predicted molar refractivity (Wildman–Crippen MR) is 54.8 cm³/mol. The molecule has 2 aliphatic rings. The van der Waals surface area contributed by atoms with Crippen molar-refractivity contribution < 1.29 is 0 Å². The zero-order chi connectivity index (χ0) is 9.60. The van der Waals surface area contributed by atoms with Gasteiger partial charge in [-0.1, -0.05) is 0 Å². The van der Waals surface area contributed by atoms with E-state index in [0.29, 0.717) is 0 Å². The number of rotatable bonds is 2. The highest BCUT2D eigenvalue weighted by Gasteiger charge is 2.48. The molecule has 1 aromatic rings. The lowest BCUT2D eigenvalue weighted by atomic mass is 9.86. The van der Waals surface area contributed by atoms with Crippen molar-refractivity contribution in [1.29, 1.82) is 0 Å². The zero-order valence-electron chi connectivity index (χ0n) is 8.66. The van der Waals surface area contributed by atoms with Gasteiger partial charge in [-0.15, -0.1) is 0 Å². The Kier molecular flexibility index (Phi) is 1.71. The summed E-state index contributed by atoms with van der Waals surface area (Å²) in [5.41, 5.74) is 1.69. The predicted octanol–water partition coefficient (Wildman–Crippen LogP) is 1.41. The molecule has 1 aliphatic carbocycles. The summed E-state index contributed by atoms with van der Waals surface area (Å²) in [6, 6.07) is 0. The van der Waals surface area contributed by atoms with Gasteiger partial charge in [0.15, 0.2) is 0 Å². The minimum absolute atomic E-state index is 0.286. The lowest BCUT2D eigenvalue weighted by Crippen LogP contribution is -2.38. The van der Waals surface area contributed by atoms with Crippen LogP contribution >= 0.6 is 0 Å². The number of nitrogens with zero attached hydrogens (tertiary/aromatic N) is 2. The average Bonchev–Trinajstić information content (AvgIpc) is 2.77. The van der Waals surface area contributed by atoms with E-state index in [-0.39, 0.29) is 5.54 Å². The van der Waals surface area contributed by atoms with Crippen molar-refractivity contribution in [3.63, 3.8) is 0 Å². The summed E-state index contributed by atoms with van der Waals surface area (Å²) in [6.45, 7) is 1.17. The van der Waals surface area contributed by atoms with Crippen LogP contribution in [0.25, 0.3) is 0 Å². The molecule has 1 saturated heterocycles. The molecule has 1 aromatic heterocycles. The SMILES string of the molecule is Cn1cc(C2(C3CC3)CCCN2)cn1. The second-order valence-electron chi connectivity index (χ2n) is 4.68. The summed E-state index contributed by atoms with van der Waals surface area (Å²) in [6.07, 6.45) is 9.60.